The van der Waals surface area contributed by atoms with Crippen LogP contribution in [0.4, 0.5) is 16.2 Å². The first-order valence-electron chi connectivity index (χ1n) is 8.34. The molecule has 1 aliphatic heterocycles. The second-order valence-corrected chi connectivity index (χ2v) is 6.49. The van der Waals surface area contributed by atoms with E-state index in [0.29, 0.717) is 30.5 Å². The van der Waals surface area contributed by atoms with Crippen LogP contribution in [0.15, 0.2) is 42.5 Å². The maximum atomic E-state index is 12.3. The lowest BCUT2D eigenvalue weighted by molar-refractivity contribution is 0.123. The average Bonchev–Trinajstić information content (AvgIpc) is 2.61. The number of halogens is 1. The van der Waals surface area contributed by atoms with E-state index in [2.05, 4.69) is 21.6 Å². The molecule has 2 aromatic carbocycles. The summed E-state index contributed by atoms with van der Waals surface area (Å²) in [6.07, 6.45) is 0. The van der Waals surface area contributed by atoms with Crippen molar-refractivity contribution >= 4 is 29.0 Å². The SMILES string of the molecule is Cc1cccc(CNC(=O)Nc2cc(Cl)ccc2N2CCOCC2)c1. The molecule has 0 aromatic heterocycles. The molecule has 1 aliphatic rings. The quantitative estimate of drug-likeness (QED) is 0.872. The molecule has 2 N–H and O–H groups in total. The predicted molar refractivity (Wildman–Crippen MR) is 102 cm³/mol. The van der Waals surface area contributed by atoms with Gasteiger partial charge in [0.2, 0.25) is 0 Å². The maximum Gasteiger partial charge on any atom is 0.319 e. The van der Waals surface area contributed by atoms with Crippen molar-refractivity contribution in [3.8, 4) is 0 Å². The molecule has 0 spiro atoms. The zero-order chi connectivity index (χ0) is 17.6. The molecule has 0 radical (unpaired) electrons. The molecule has 5 nitrogen and oxygen atoms in total. The number of morpholine rings is 1. The van der Waals surface area contributed by atoms with E-state index in [1.54, 1.807) is 6.07 Å². The molecule has 0 atom stereocenters. The topological polar surface area (TPSA) is 53.6 Å². The van der Waals surface area contributed by atoms with Crippen molar-refractivity contribution in [2.24, 2.45) is 0 Å². The molecule has 0 aliphatic carbocycles. The number of ether oxygens (including phenoxy) is 1. The first-order valence-corrected chi connectivity index (χ1v) is 8.72. The Hall–Kier alpha value is -2.24. The number of rotatable bonds is 4. The van der Waals surface area contributed by atoms with Crippen molar-refractivity contribution < 1.29 is 9.53 Å². The second kappa shape index (κ2) is 8.23. The molecular weight excluding hydrogens is 338 g/mol. The van der Waals surface area contributed by atoms with Crippen LogP contribution in [0.5, 0.6) is 0 Å². The van der Waals surface area contributed by atoms with E-state index < -0.39 is 0 Å². The summed E-state index contributed by atoms with van der Waals surface area (Å²) in [5.74, 6) is 0. The molecule has 3 rings (SSSR count). The van der Waals surface area contributed by atoms with Crippen molar-refractivity contribution in [3.05, 3.63) is 58.6 Å². The molecule has 25 heavy (non-hydrogen) atoms. The van der Waals surface area contributed by atoms with Gasteiger partial charge >= 0.3 is 6.03 Å². The Bertz CT molecular complexity index is 745. The van der Waals surface area contributed by atoms with Crippen LogP contribution in [0.3, 0.4) is 0 Å². The van der Waals surface area contributed by atoms with E-state index in [1.807, 2.05) is 37.3 Å². The zero-order valence-corrected chi connectivity index (χ0v) is 15.0. The summed E-state index contributed by atoms with van der Waals surface area (Å²) in [6, 6.07) is 13.4. The molecule has 0 saturated carbocycles. The Morgan fingerprint density at radius 2 is 2.00 bits per heavy atom. The van der Waals surface area contributed by atoms with Gasteiger partial charge in [-0.05, 0) is 30.7 Å². The van der Waals surface area contributed by atoms with Crippen LogP contribution in [0.2, 0.25) is 5.02 Å². The number of carbonyl (C=O) groups is 1. The average molecular weight is 360 g/mol. The summed E-state index contributed by atoms with van der Waals surface area (Å²) in [7, 11) is 0. The highest BCUT2D eigenvalue weighted by Crippen LogP contribution is 2.29. The number of nitrogens with one attached hydrogen (secondary N) is 2. The number of aryl methyl sites for hydroxylation is 1. The number of urea groups is 1. The minimum atomic E-state index is -0.252. The minimum Gasteiger partial charge on any atom is -0.378 e. The predicted octanol–water partition coefficient (Wildman–Crippen LogP) is 3.81. The third kappa shape index (κ3) is 4.87. The number of amides is 2. The van der Waals surface area contributed by atoms with Gasteiger partial charge in [0.1, 0.15) is 0 Å². The van der Waals surface area contributed by atoms with Crippen molar-refractivity contribution in [1.29, 1.82) is 0 Å². The van der Waals surface area contributed by atoms with Gasteiger partial charge in [-0.1, -0.05) is 41.4 Å². The third-order valence-corrected chi connectivity index (χ3v) is 4.33. The Morgan fingerprint density at radius 3 is 2.76 bits per heavy atom. The van der Waals surface area contributed by atoms with Crippen molar-refractivity contribution in [1.82, 2.24) is 5.32 Å². The number of hydrogen-bond donors (Lipinski definition) is 2. The first-order chi connectivity index (χ1) is 12.1. The lowest BCUT2D eigenvalue weighted by Crippen LogP contribution is -2.37. The Labute approximate surface area is 152 Å². The van der Waals surface area contributed by atoms with E-state index >= 15 is 0 Å². The Balaban J connectivity index is 1.66. The van der Waals surface area contributed by atoms with Crippen molar-refractivity contribution in [2.45, 2.75) is 13.5 Å². The van der Waals surface area contributed by atoms with E-state index in [9.17, 15) is 4.79 Å². The molecule has 1 heterocycles. The van der Waals surface area contributed by atoms with Gasteiger partial charge in [-0.25, -0.2) is 4.79 Å². The van der Waals surface area contributed by atoms with E-state index in [-0.39, 0.29) is 6.03 Å². The van der Waals surface area contributed by atoms with Crippen LogP contribution in [0, 0.1) is 6.92 Å². The van der Waals surface area contributed by atoms with Crippen LogP contribution >= 0.6 is 11.6 Å². The fraction of sp³-hybridized carbons (Fsp3) is 0.316. The van der Waals surface area contributed by atoms with E-state index in [0.717, 1.165) is 24.3 Å². The zero-order valence-electron chi connectivity index (χ0n) is 14.2. The third-order valence-electron chi connectivity index (χ3n) is 4.09. The smallest absolute Gasteiger partial charge is 0.319 e. The highest BCUT2D eigenvalue weighted by molar-refractivity contribution is 6.31. The molecule has 132 valence electrons. The molecule has 0 unspecified atom stereocenters. The molecule has 1 saturated heterocycles. The number of anilines is 2. The van der Waals surface area contributed by atoms with Gasteiger partial charge < -0.3 is 20.3 Å². The van der Waals surface area contributed by atoms with Crippen LogP contribution < -0.4 is 15.5 Å². The fourth-order valence-electron chi connectivity index (χ4n) is 2.86. The van der Waals surface area contributed by atoms with Crippen LogP contribution in [-0.2, 0) is 11.3 Å². The van der Waals surface area contributed by atoms with Gasteiger partial charge in [0, 0.05) is 24.7 Å². The lowest BCUT2D eigenvalue weighted by atomic mass is 10.1. The summed E-state index contributed by atoms with van der Waals surface area (Å²) in [5.41, 5.74) is 3.90. The van der Waals surface area contributed by atoms with Gasteiger partial charge in [-0.3, -0.25) is 0 Å². The fourth-order valence-corrected chi connectivity index (χ4v) is 3.03. The van der Waals surface area contributed by atoms with Gasteiger partial charge in [-0.15, -0.1) is 0 Å². The summed E-state index contributed by atoms with van der Waals surface area (Å²) < 4.78 is 5.40. The van der Waals surface area contributed by atoms with Crippen molar-refractivity contribution in [3.63, 3.8) is 0 Å². The number of hydrogen-bond acceptors (Lipinski definition) is 3. The summed E-state index contributed by atoms with van der Waals surface area (Å²) >= 11 is 6.11. The number of benzene rings is 2. The number of carbonyl (C=O) groups excluding carboxylic acids is 1. The molecule has 6 heteroatoms. The normalized spacial score (nSPS) is 14.2. The van der Waals surface area contributed by atoms with E-state index in [4.69, 9.17) is 16.3 Å². The van der Waals surface area contributed by atoms with Crippen molar-refractivity contribution in [2.75, 3.05) is 36.5 Å². The Kier molecular flexibility index (Phi) is 5.79. The number of nitrogens with zero attached hydrogens (tertiary/aromatic N) is 1. The Morgan fingerprint density at radius 1 is 1.20 bits per heavy atom. The molecule has 2 aromatic rings. The minimum absolute atomic E-state index is 0.252. The molecule has 2 amide bonds. The molecule has 1 fully saturated rings. The molecule has 0 bridgehead atoms. The first kappa shape index (κ1) is 17.6. The molecular formula is C19H22ClN3O2. The van der Waals surface area contributed by atoms with Gasteiger partial charge in [0.15, 0.2) is 0 Å². The van der Waals surface area contributed by atoms with Crippen LogP contribution in [0.25, 0.3) is 0 Å². The van der Waals surface area contributed by atoms with Gasteiger partial charge in [0.05, 0.1) is 24.6 Å². The maximum absolute atomic E-state index is 12.3. The standard InChI is InChI=1S/C19H22ClN3O2/c1-14-3-2-4-15(11-14)13-21-19(24)22-17-12-16(20)5-6-18(17)23-7-9-25-10-8-23/h2-6,11-12H,7-10,13H2,1H3,(H2,21,22,24). The summed E-state index contributed by atoms with van der Waals surface area (Å²) in [5, 5.41) is 6.39. The van der Waals surface area contributed by atoms with Gasteiger partial charge in [0.25, 0.3) is 0 Å². The second-order valence-electron chi connectivity index (χ2n) is 6.06. The lowest BCUT2D eigenvalue weighted by Gasteiger charge is -2.30. The van der Waals surface area contributed by atoms with Gasteiger partial charge in [-0.2, -0.15) is 0 Å². The summed E-state index contributed by atoms with van der Waals surface area (Å²) in [4.78, 5) is 14.5. The van der Waals surface area contributed by atoms with Crippen LogP contribution in [0.1, 0.15) is 11.1 Å². The van der Waals surface area contributed by atoms with E-state index in [1.165, 1.54) is 5.56 Å². The monoisotopic (exact) mass is 359 g/mol. The van der Waals surface area contributed by atoms with Crippen LogP contribution in [-0.4, -0.2) is 32.3 Å². The highest BCUT2D eigenvalue weighted by Gasteiger charge is 2.16. The summed E-state index contributed by atoms with van der Waals surface area (Å²) in [6.45, 7) is 5.46. The largest absolute Gasteiger partial charge is 0.378 e. The highest BCUT2D eigenvalue weighted by atomic mass is 35.5.